The van der Waals surface area contributed by atoms with Crippen molar-refractivity contribution in [3.63, 3.8) is 0 Å². The first-order valence-electron chi connectivity index (χ1n) is 4.12. The summed E-state index contributed by atoms with van der Waals surface area (Å²) >= 11 is 1.78. The molecule has 0 aliphatic carbocycles. The molecule has 0 aliphatic heterocycles. The number of aliphatic hydroxyl groups is 1. The van der Waals surface area contributed by atoms with E-state index < -0.39 is 0 Å². The molecule has 0 fully saturated rings. The molecule has 68 valence electrons. The van der Waals surface area contributed by atoms with Crippen molar-refractivity contribution in [1.29, 1.82) is 0 Å². The van der Waals surface area contributed by atoms with E-state index >= 15 is 0 Å². The van der Waals surface area contributed by atoms with E-state index in [1.54, 1.807) is 11.3 Å². The number of rotatable bonds is 4. The van der Waals surface area contributed by atoms with Gasteiger partial charge in [-0.1, -0.05) is 0 Å². The van der Waals surface area contributed by atoms with E-state index in [2.05, 4.69) is 19.1 Å². The van der Waals surface area contributed by atoms with Gasteiger partial charge in [0.15, 0.2) is 0 Å². The molecule has 0 aromatic carbocycles. The van der Waals surface area contributed by atoms with Gasteiger partial charge in [0.2, 0.25) is 0 Å². The molecule has 0 amide bonds. The molecule has 1 atom stereocenters. The third-order valence-corrected chi connectivity index (χ3v) is 2.90. The average Bonchev–Trinajstić information content (AvgIpc) is 2.47. The zero-order chi connectivity index (χ0) is 8.97. The molecule has 2 nitrogen and oxygen atoms in total. The summed E-state index contributed by atoms with van der Waals surface area (Å²) in [5.74, 6) is 0.225. The minimum absolute atomic E-state index is 0.188. The molecule has 0 saturated carbocycles. The molecule has 1 aromatic heterocycles. The minimum atomic E-state index is 0.188. The van der Waals surface area contributed by atoms with Crippen LogP contribution in [0.4, 0.5) is 0 Å². The van der Waals surface area contributed by atoms with Gasteiger partial charge in [-0.25, -0.2) is 0 Å². The van der Waals surface area contributed by atoms with E-state index in [-0.39, 0.29) is 12.5 Å². The third-order valence-electron chi connectivity index (χ3n) is 1.88. The zero-order valence-electron chi connectivity index (χ0n) is 7.29. The fraction of sp³-hybridized carbons (Fsp3) is 0.556. The first-order valence-corrected chi connectivity index (χ1v) is 4.94. The Hall–Kier alpha value is -0.380. The molecule has 3 N–H and O–H groups in total. The van der Waals surface area contributed by atoms with E-state index in [4.69, 9.17) is 10.8 Å². The largest absolute Gasteiger partial charge is 0.396 e. The van der Waals surface area contributed by atoms with Crippen LogP contribution in [0.3, 0.4) is 0 Å². The molecule has 0 bridgehead atoms. The predicted molar refractivity (Wildman–Crippen MR) is 52.4 cm³/mol. The van der Waals surface area contributed by atoms with Crippen molar-refractivity contribution in [1.82, 2.24) is 0 Å². The maximum Gasteiger partial charge on any atom is 0.0474 e. The lowest BCUT2D eigenvalue weighted by Crippen LogP contribution is -2.19. The highest BCUT2D eigenvalue weighted by atomic mass is 32.1. The highest BCUT2D eigenvalue weighted by Crippen LogP contribution is 2.18. The summed E-state index contributed by atoms with van der Waals surface area (Å²) in [6.07, 6.45) is 0.908. The van der Waals surface area contributed by atoms with Gasteiger partial charge in [0.05, 0.1) is 0 Å². The minimum Gasteiger partial charge on any atom is -0.396 e. The predicted octanol–water partition coefficient (Wildman–Crippen LogP) is 1.17. The van der Waals surface area contributed by atoms with Gasteiger partial charge in [0.1, 0.15) is 0 Å². The summed E-state index contributed by atoms with van der Waals surface area (Å²) in [5.41, 5.74) is 5.48. The van der Waals surface area contributed by atoms with E-state index in [0.717, 1.165) is 6.42 Å². The van der Waals surface area contributed by atoms with E-state index in [0.29, 0.717) is 6.54 Å². The van der Waals surface area contributed by atoms with Crippen LogP contribution < -0.4 is 5.73 Å². The number of hydrogen-bond acceptors (Lipinski definition) is 3. The summed E-state index contributed by atoms with van der Waals surface area (Å²) in [6.45, 7) is 2.84. The molecule has 0 aliphatic rings. The lowest BCUT2D eigenvalue weighted by molar-refractivity contribution is 0.230. The molecule has 0 saturated heterocycles. The fourth-order valence-corrected chi connectivity index (χ4v) is 2.11. The monoisotopic (exact) mass is 185 g/mol. The van der Waals surface area contributed by atoms with E-state index in [9.17, 15) is 0 Å². The maximum absolute atomic E-state index is 8.92. The summed E-state index contributed by atoms with van der Waals surface area (Å²) in [6, 6.07) is 4.21. The fourth-order valence-electron chi connectivity index (χ4n) is 1.10. The summed E-state index contributed by atoms with van der Waals surface area (Å²) < 4.78 is 0. The van der Waals surface area contributed by atoms with Crippen molar-refractivity contribution in [2.45, 2.75) is 13.3 Å². The molecule has 1 rings (SSSR count). The lowest BCUT2D eigenvalue weighted by atomic mass is 10.1. The highest BCUT2D eigenvalue weighted by molar-refractivity contribution is 7.11. The Morgan fingerprint density at radius 2 is 2.33 bits per heavy atom. The van der Waals surface area contributed by atoms with Crippen LogP contribution in [-0.2, 0) is 6.42 Å². The topological polar surface area (TPSA) is 46.2 Å². The van der Waals surface area contributed by atoms with Gasteiger partial charge in [-0.3, -0.25) is 0 Å². The van der Waals surface area contributed by atoms with Gasteiger partial charge in [0.25, 0.3) is 0 Å². The first kappa shape index (κ1) is 9.71. The number of hydrogen-bond donors (Lipinski definition) is 2. The zero-order valence-corrected chi connectivity index (χ0v) is 8.10. The summed E-state index contributed by atoms with van der Waals surface area (Å²) in [4.78, 5) is 2.63. The van der Waals surface area contributed by atoms with Crippen molar-refractivity contribution >= 4 is 11.3 Å². The van der Waals surface area contributed by atoms with E-state index in [1.807, 2.05) is 0 Å². The van der Waals surface area contributed by atoms with Crippen LogP contribution in [0, 0.1) is 12.8 Å². The van der Waals surface area contributed by atoms with Crippen LogP contribution >= 0.6 is 11.3 Å². The maximum atomic E-state index is 8.92. The Balaban J connectivity index is 2.50. The van der Waals surface area contributed by atoms with Crippen LogP contribution in [0.1, 0.15) is 9.75 Å². The molecular formula is C9H15NOS. The van der Waals surface area contributed by atoms with Gasteiger partial charge in [-0.2, -0.15) is 0 Å². The van der Waals surface area contributed by atoms with Crippen LogP contribution in [-0.4, -0.2) is 18.3 Å². The van der Waals surface area contributed by atoms with Crippen molar-refractivity contribution in [3.8, 4) is 0 Å². The van der Waals surface area contributed by atoms with Gasteiger partial charge in [0, 0.05) is 16.4 Å². The molecule has 12 heavy (non-hydrogen) atoms. The van der Waals surface area contributed by atoms with Crippen molar-refractivity contribution in [2.75, 3.05) is 13.2 Å². The summed E-state index contributed by atoms with van der Waals surface area (Å²) in [5, 5.41) is 8.92. The van der Waals surface area contributed by atoms with Crippen molar-refractivity contribution in [2.24, 2.45) is 11.7 Å². The Labute approximate surface area is 77.0 Å². The Bertz CT molecular complexity index is 230. The second kappa shape index (κ2) is 4.60. The van der Waals surface area contributed by atoms with Crippen molar-refractivity contribution < 1.29 is 5.11 Å². The first-order chi connectivity index (χ1) is 5.76. The molecular weight excluding hydrogens is 170 g/mol. The van der Waals surface area contributed by atoms with Crippen LogP contribution in [0.2, 0.25) is 0 Å². The molecule has 0 radical (unpaired) electrons. The second-order valence-electron chi connectivity index (χ2n) is 3.00. The third kappa shape index (κ3) is 2.59. The number of aryl methyl sites for hydroxylation is 1. The Kier molecular flexibility index (Phi) is 3.72. The van der Waals surface area contributed by atoms with Gasteiger partial charge >= 0.3 is 0 Å². The summed E-state index contributed by atoms with van der Waals surface area (Å²) in [7, 11) is 0. The van der Waals surface area contributed by atoms with Gasteiger partial charge in [-0.15, -0.1) is 11.3 Å². The number of aliphatic hydroxyl groups excluding tert-OH is 1. The molecule has 0 spiro atoms. The highest BCUT2D eigenvalue weighted by Gasteiger charge is 2.07. The van der Waals surface area contributed by atoms with Crippen LogP contribution in [0.25, 0.3) is 0 Å². The number of nitrogens with two attached hydrogens (primary N) is 1. The normalized spacial score (nSPS) is 13.2. The Morgan fingerprint density at radius 1 is 1.58 bits per heavy atom. The van der Waals surface area contributed by atoms with Gasteiger partial charge in [-0.05, 0) is 37.9 Å². The molecule has 1 aromatic rings. The standard InChI is InChI=1S/C9H15NOS/c1-7-2-3-9(12-7)4-8(5-10)6-11/h2-3,8,11H,4-6,10H2,1H3. The van der Waals surface area contributed by atoms with Gasteiger partial charge < -0.3 is 10.8 Å². The SMILES string of the molecule is Cc1ccc(CC(CN)CO)s1. The molecule has 1 heterocycles. The second-order valence-corrected chi connectivity index (χ2v) is 4.37. The van der Waals surface area contributed by atoms with E-state index in [1.165, 1.54) is 9.75 Å². The quantitative estimate of drug-likeness (QED) is 0.739. The Morgan fingerprint density at radius 3 is 2.75 bits per heavy atom. The average molecular weight is 185 g/mol. The van der Waals surface area contributed by atoms with Crippen LogP contribution in [0.5, 0.6) is 0 Å². The smallest absolute Gasteiger partial charge is 0.0474 e. The lowest BCUT2D eigenvalue weighted by Gasteiger charge is -2.08. The van der Waals surface area contributed by atoms with Crippen molar-refractivity contribution in [3.05, 3.63) is 21.9 Å². The molecule has 3 heteroatoms. The molecule has 1 unspecified atom stereocenters. The van der Waals surface area contributed by atoms with Crippen LogP contribution in [0.15, 0.2) is 12.1 Å². The number of thiophene rings is 1.